The Bertz CT molecular complexity index is 336. The molecule has 0 amide bonds. The standard InChI is InChI=1S/C13H23F3N2O2/c1-3-17-12(2,11(19)20)6-8-18-7-4-5-10(9-18)13(14,15)16/h10,17H,3-9H2,1-2H3,(H,19,20). The van der Waals surface area contributed by atoms with Crippen molar-refractivity contribution in [3.63, 3.8) is 0 Å². The highest BCUT2D eigenvalue weighted by Crippen LogP contribution is 2.33. The van der Waals surface area contributed by atoms with E-state index in [4.69, 9.17) is 0 Å². The highest BCUT2D eigenvalue weighted by Gasteiger charge is 2.42. The second-order valence-corrected chi connectivity index (χ2v) is 5.60. The Morgan fingerprint density at radius 3 is 2.60 bits per heavy atom. The summed E-state index contributed by atoms with van der Waals surface area (Å²) in [5.41, 5.74) is -1.08. The Balaban J connectivity index is 2.54. The van der Waals surface area contributed by atoms with Gasteiger partial charge >= 0.3 is 12.1 Å². The number of piperidine rings is 1. The Hall–Kier alpha value is -0.820. The molecule has 1 fully saturated rings. The molecule has 4 nitrogen and oxygen atoms in total. The van der Waals surface area contributed by atoms with Crippen LogP contribution in [0.4, 0.5) is 13.2 Å². The Kier molecular flexibility index (Phi) is 5.82. The Labute approximate surface area is 117 Å². The van der Waals surface area contributed by atoms with Crippen LogP contribution >= 0.6 is 0 Å². The minimum atomic E-state index is -4.16. The lowest BCUT2D eigenvalue weighted by molar-refractivity contribution is -0.187. The van der Waals surface area contributed by atoms with E-state index < -0.39 is 23.6 Å². The molecule has 118 valence electrons. The molecular weight excluding hydrogens is 273 g/mol. The van der Waals surface area contributed by atoms with Crippen molar-refractivity contribution in [1.29, 1.82) is 0 Å². The molecule has 0 radical (unpaired) electrons. The second kappa shape index (κ2) is 6.76. The van der Waals surface area contributed by atoms with Crippen molar-refractivity contribution in [3.8, 4) is 0 Å². The monoisotopic (exact) mass is 296 g/mol. The van der Waals surface area contributed by atoms with Gasteiger partial charge in [-0.05, 0) is 39.3 Å². The number of hydrogen-bond acceptors (Lipinski definition) is 3. The number of nitrogens with one attached hydrogen (secondary N) is 1. The number of likely N-dealkylation sites (tertiary alicyclic amines) is 1. The van der Waals surface area contributed by atoms with Crippen molar-refractivity contribution >= 4 is 5.97 Å². The zero-order valence-corrected chi connectivity index (χ0v) is 12.0. The maximum Gasteiger partial charge on any atom is 0.393 e. The van der Waals surface area contributed by atoms with E-state index in [1.54, 1.807) is 11.8 Å². The van der Waals surface area contributed by atoms with E-state index in [1.165, 1.54) is 0 Å². The number of hydrogen-bond donors (Lipinski definition) is 2. The average molecular weight is 296 g/mol. The predicted molar refractivity (Wildman–Crippen MR) is 69.6 cm³/mol. The van der Waals surface area contributed by atoms with Crippen molar-refractivity contribution in [3.05, 3.63) is 0 Å². The topological polar surface area (TPSA) is 52.6 Å². The van der Waals surface area contributed by atoms with Crippen LogP contribution in [0.15, 0.2) is 0 Å². The summed E-state index contributed by atoms with van der Waals surface area (Å²) in [5, 5.41) is 12.1. The van der Waals surface area contributed by atoms with Gasteiger partial charge in [-0.3, -0.25) is 4.79 Å². The summed E-state index contributed by atoms with van der Waals surface area (Å²) in [7, 11) is 0. The van der Waals surface area contributed by atoms with Crippen LogP contribution in [0, 0.1) is 5.92 Å². The number of likely N-dealkylation sites (N-methyl/N-ethyl adjacent to an activating group) is 1. The third-order valence-corrected chi connectivity index (χ3v) is 3.94. The van der Waals surface area contributed by atoms with Gasteiger partial charge in [0.2, 0.25) is 0 Å². The highest BCUT2D eigenvalue weighted by atomic mass is 19.4. The van der Waals surface area contributed by atoms with Gasteiger partial charge in [0.15, 0.2) is 0 Å². The van der Waals surface area contributed by atoms with E-state index in [-0.39, 0.29) is 13.0 Å². The smallest absolute Gasteiger partial charge is 0.393 e. The fraction of sp³-hybridized carbons (Fsp3) is 0.923. The molecule has 0 bridgehead atoms. The lowest BCUT2D eigenvalue weighted by Crippen LogP contribution is -2.52. The number of alkyl halides is 3. The lowest BCUT2D eigenvalue weighted by atomic mass is 9.94. The van der Waals surface area contributed by atoms with Gasteiger partial charge in [-0.25, -0.2) is 0 Å². The first kappa shape index (κ1) is 17.2. The molecule has 0 aromatic heterocycles. The zero-order valence-electron chi connectivity index (χ0n) is 12.0. The Morgan fingerprint density at radius 2 is 2.10 bits per heavy atom. The van der Waals surface area contributed by atoms with Crippen molar-refractivity contribution in [2.24, 2.45) is 5.92 Å². The van der Waals surface area contributed by atoms with Gasteiger partial charge in [-0.1, -0.05) is 6.92 Å². The molecule has 2 unspecified atom stereocenters. The summed E-state index contributed by atoms with van der Waals surface area (Å²) in [6, 6.07) is 0. The van der Waals surface area contributed by atoms with E-state index in [9.17, 15) is 23.1 Å². The van der Waals surface area contributed by atoms with Crippen LogP contribution in [-0.2, 0) is 4.79 Å². The van der Waals surface area contributed by atoms with Gasteiger partial charge < -0.3 is 15.3 Å². The number of carboxylic acid groups (broad SMARTS) is 1. The number of halogens is 3. The lowest BCUT2D eigenvalue weighted by Gasteiger charge is -2.35. The van der Waals surface area contributed by atoms with Crippen molar-refractivity contribution in [2.75, 3.05) is 26.2 Å². The summed E-state index contributed by atoms with van der Waals surface area (Å²) >= 11 is 0. The molecule has 7 heteroatoms. The van der Waals surface area contributed by atoms with E-state index in [1.807, 2.05) is 6.92 Å². The highest BCUT2D eigenvalue weighted by molar-refractivity contribution is 5.78. The van der Waals surface area contributed by atoms with Crippen molar-refractivity contribution in [2.45, 2.75) is 44.8 Å². The molecule has 0 spiro atoms. The summed E-state index contributed by atoms with van der Waals surface area (Å²) in [6.07, 6.45) is -3.18. The fourth-order valence-electron chi connectivity index (χ4n) is 2.57. The zero-order chi connectivity index (χ0) is 15.4. The number of aliphatic carboxylic acids is 1. The molecule has 2 atom stereocenters. The van der Waals surface area contributed by atoms with E-state index in [0.29, 0.717) is 32.5 Å². The molecule has 1 aliphatic heterocycles. The first-order valence-electron chi connectivity index (χ1n) is 6.96. The maximum absolute atomic E-state index is 12.7. The minimum Gasteiger partial charge on any atom is -0.480 e. The van der Waals surface area contributed by atoms with Gasteiger partial charge in [0.1, 0.15) is 5.54 Å². The number of rotatable bonds is 6. The third-order valence-electron chi connectivity index (χ3n) is 3.94. The maximum atomic E-state index is 12.7. The van der Waals surface area contributed by atoms with Crippen LogP contribution in [0.25, 0.3) is 0 Å². The average Bonchev–Trinajstić information content (AvgIpc) is 2.36. The first-order valence-corrected chi connectivity index (χ1v) is 6.96. The van der Waals surface area contributed by atoms with E-state index >= 15 is 0 Å². The summed E-state index contributed by atoms with van der Waals surface area (Å²) in [4.78, 5) is 13.0. The van der Waals surface area contributed by atoms with Crippen LogP contribution in [0.1, 0.15) is 33.1 Å². The number of nitrogens with zero attached hydrogens (tertiary/aromatic N) is 1. The van der Waals surface area contributed by atoms with Crippen LogP contribution in [0.5, 0.6) is 0 Å². The molecule has 2 N–H and O–H groups in total. The van der Waals surface area contributed by atoms with E-state index in [2.05, 4.69) is 5.32 Å². The van der Waals surface area contributed by atoms with Crippen LogP contribution in [0.2, 0.25) is 0 Å². The van der Waals surface area contributed by atoms with Gasteiger partial charge in [-0.2, -0.15) is 13.2 Å². The Morgan fingerprint density at radius 1 is 1.45 bits per heavy atom. The molecule has 0 saturated carbocycles. The van der Waals surface area contributed by atoms with Gasteiger partial charge in [-0.15, -0.1) is 0 Å². The molecule has 20 heavy (non-hydrogen) atoms. The molecular formula is C13H23F3N2O2. The van der Waals surface area contributed by atoms with Crippen LogP contribution in [-0.4, -0.2) is 53.9 Å². The summed E-state index contributed by atoms with van der Waals surface area (Å²) in [5.74, 6) is -2.25. The van der Waals surface area contributed by atoms with Crippen LogP contribution < -0.4 is 5.32 Å². The quantitative estimate of drug-likeness (QED) is 0.788. The van der Waals surface area contributed by atoms with E-state index in [0.717, 1.165) is 0 Å². The van der Waals surface area contributed by atoms with Crippen molar-refractivity contribution < 1.29 is 23.1 Å². The largest absolute Gasteiger partial charge is 0.480 e. The van der Waals surface area contributed by atoms with Gasteiger partial charge in [0.25, 0.3) is 0 Å². The third kappa shape index (κ3) is 4.63. The second-order valence-electron chi connectivity index (χ2n) is 5.60. The minimum absolute atomic E-state index is 0.0225. The van der Waals surface area contributed by atoms with Crippen molar-refractivity contribution in [1.82, 2.24) is 10.2 Å². The SMILES string of the molecule is CCNC(C)(CCN1CCCC(C(F)(F)F)C1)C(=O)O. The van der Waals surface area contributed by atoms with Crippen LogP contribution in [0.3, 0.4) is 0 Å². The summed E-state index contributed by atoms with van der Waals surface area (Å²) in [6.45, 7) is 4.84. The molecule has 1 rings (SSSR count). The fourth-order valence-corrected chi connectivity index (χ4v) is 2.57. The normalized spacial score (nSPS) is 24.4. The van der Waals surface area contributed by atoms with Gasteiger partial charge in [0, 0.05) is 13.1 Å². The molecule has 1 aliphatic rings. The number of carboxylic acids is 1. The molecule has 0 aliphatic carbocycles. The predicted octanol–water partition coefficient (Wildman–Crippen LogP) is 2.10. The number of carbonyl (C=O) groups is 1. The summed E-state index contributed by atoms with van der Waals surface area (Å²) < 4.78 is 38.1. The molecule has 1 heterocycles. The molecule has 0 aromatic rings. The van der Waals surface area contributed by atoms with Gasteiger partial charge in [0.05, 0.1) is 5.92 Å². The molecule has 1 saturated heterocycles. The first-order chi connectivity index (χ1) is 9.19. The molecule has 0 aromatic carbocycles.